The molecular weight excluding hydrogens is 707 g/mol. The smallest absolute Gasteiger partial charge is 0.306 e. The lowest BCUT2D eigenvalue weighted by atomic mass is 10.0. The molecule has 0 aliphatic rings. The number of unbranched alkanes of at least 4 members (excludes halogenated alkanes) is 35. The molecule has 3 atom stereocenters. The first kappa shape index (κ1) is 55.9. The van der Waals surface area contributed by atoms with Crippen molar-refractivity contribution in [2.45, 2.75) is 309 Å². The predicted octanol–water partition coefficient (Wildman–Crippen LogP) is 15.2. The second-order valence-electron chi connectivity index (χ2n) is 17.9. The summed E-state index contributed by atoms with van der Waals surface area (Å²) in [5, 5.41) is 23.7. The van der Waals surface area contributed by atoms with Gasteiger partial charge in [-0.3, -0.25) is 9.59 Å². The molecule has 0 bridgehead atoms. The molecule has 0 aromatic heterocycles. The number of aliphatic hydroxyl groups excluding tert-OH is 2. The molecule has 0 aliphatic heterocycles. The van der Waals surface area contributed by atoms with Crippen LogP contribution in [-0.4, -0.2) is 46.9 Å². The van der Waals surface area contributed by atoms with Gasteiger partial charge in [-0.2, -0.15) is 0 Å². The summed E-state index contributed by atoms with van der Waals surface area (Å²) in [6.45, 7) is 6.49. The third-order valence-corrected chi connectivity index (χ3v) is 12.2. The number of rotatable bonds is 47. The molecule has 57 heavy (non-hydrogen) atoms. The Kier molecular flexibility index (Phi) is 45.0. The lowest BCUT2D eigenvalue weighted by Gasteiger charge is -2.24. The zero-order valence-electron chi connectivity index (χ0n) is 38.8. The minimum Gasteiger partial charge on any atom is -0.462 e. The van der Waals surface area contributed by atoms with Gasteiger partial charge >= 0.3 is 5.97 Å². The van der Waals surface area contributed by atoms with Crippen LogP contribution in [0.3, 0.4) is 0 Å². The van der Waals surface area contributed by atoms with E-state index in [1.54, 1.807) is 0 Å². The van der Waals surface area contributed by atoms with Crippen molar-refractivity contribution in [1.82, 2.24) is 5.32 Å². The number of nitrogens with one attached hydrogen (secondary N) is 1. The van der Waals surface area contributed by atoms with E-state index < -0.39 is 18.2 Å². The minimum atomic E-state index is -0.777. The first-order chi connectivity index (χ1) is 28.0. The van der Waals surface area contributed by atoms with Gasteiger partial charge in [0.1, 0.15) is 6.10 Å². The minimum absolute atomic E-state index is 0.0873. The molecule has 0 heterocycles. The van der Waals surface area contributed by atoms with Crippen LogP contribution < -0.4 is 5.32 Å². The van der Waals surface area contributed by atoms with E-state index in [0.717, 1.165) is 38.5 Å². The first-order valence-corrected chi connectivity index (χ1v) is 25.8. The summed E-state index contributed by atoms with van der Waals surface area (Å²) in [6, 6.07) is -0.690. The molecule has 3 unspecified atom stereocenters. The van der Waals surface area contributed by atoms with E-state index in [2.05, 4.69) is 26.1 Å². The number of ether oxygens (including phenoxy) is 1. The number of hydrogen-bond acceptors (Lipinski definition) is 5. The van der Waals surface area contributed by atoms with Gasteiger partial charge < -0.3 is 20.3 Å². The fourth-order valence-corrected chi connectivity index (χ4v) is 8.26. The van der Waals surface area contributed by atoms with Gasteiger partial charge in [0.15, 0.2) is 0 Å². The second kappa shape index (κ2) is 45.9. The number of esters is 1. The third-order valence-electron chi connectivity index (χ3n) is 12.2. The summed E-state index contributed by atoms with van der Waals surface area (Å²) >= 11 is 0. The fraction of sp³-hybridized carbons (Fsp3) is 0.961. The van der Waals surface area contributed by atoms with Crippen molar-refractivity contribution in [3.63, 3.8) is 0 Å². The van der Waals surface area contributed by atoms with E-state index in [-0.39, 0.29) is 24.9 Å². The van der Waals surface area contributed by atoms with Crippen molar-refractivity contribution >= 4 is 11.9 Å². The SMILES string of the molecule is CCCCCCCCCCCCCCCCCCCC(=O)OC(CCCCCCCCCCCCC)CC(=O)NC(CO)C(O)CCCCCCCCCCCC. The Morgan fingerprint density at radius 2 is 0.737 bits per heavy atom. The largest absolute Gasteiger partial charge is 0.462 e. The number of hydrogen-bond donors (Lipinski definition) is 3. The normalized spacial score (nSPS) is 13.1. The van der Waals surface area contributed by atoms with Gasteiger partial charge in [0.05, 0.1) is 25.2 Å². The molecule has 3 N–H and O–H groups in total. The Morgan fingerprint density at radius 3 is 1.07 bits per heavy atom. The summed E-state index contributed by atoms with van der Waals surface area (Å²) in [7, 11) is 0. The molecule has 6 heteroatoms. The highest BCUT2D eigenvalue weighted by molar-refractivity contribution is 5.77. The van der Waals surface area contributed by atoms with Crippen LogP contribution in [0.2, 0.25) is 0 Å². The van der Waals surface area contributed by atoms with E-state index in [0.29, 0.717) is 19.3 Å². The number of carbonyl (C=O) groups is 2. The van der Waals surface area contributed by atoms with E-state index in [9.17, 15) is 19.8 Å². The van der Waals surface area contributed by atoms with Crippen molar-refractivity contribution in [2.24, 2.45) is 0 Å². The molecule has 0 saturated heterocycles. The first-order valence-electron chi connectivity index (χ1n) is 25.8. The molecule has 0 rings (SSSR count). The Balaban J connectivity index is 4.44. The summed E-state index contributed by atoms with van der Waals surface area (Å²) in [6.07, 6.45) is 48.8. The summed E-state index contributed by atoms with van der Waals surface area (Å²) in [5.41, 5.74) is 0. The monoisotopic (exact) mass is 808 g/mol. The quantitative estimate of drug-likeness (QED) is 0.0420. The molecule has 0 spiro atoms. The summed E-state index contributed by atoms with van der Waals surface area (Å²) < 4.78 is 5.93. The van der Waals surface area contributed by atoms with Crippen molar-refractivity contribution < 1.29 is 24.5 Å². The Labute approximate surface area is 356 Å². The molecule has 0 saturated carbocycles. The molecule has 0 aromatic carbocycles. The van der Waals surface area contributed by atoms with Crippen LogP contribution >= 0.6 is 0 Å². The Bertz CT molecular complexity index is 821. The molecular formula is C51H101NO5. The van der Waals surface area contributed by atoms with Crippen LogP contribution in [0.15, 0.2) is 0 Å². The number of amides is 1. The van der Waals surface area contributed by atoms with Gasteiger partial charge in [-0.15, -0.1) is 0 Å². The number of carbonyl (C=O) groups excluding carboxylic acids is 2. The van der Waals surface area contributed by atoms with Crippen molar-refractivity contribution in [2.75, 3.05) is 6.61 Å². The van der Waals surface area contributed by atoms with E-state index in [1.807, 2.05) is 0 Å². The van der Waals surface area contributed by atoms with Gasteiger partial charge in [-0.05, 0) is 25.7 Å². The van der Waals surface area contributed by atoms with Gasteiger partial charge in [-0.1, -0.05) is 252 Å². The fourth-order valence-electron chi connectivity index (χ4n) is 8.26. The van der Waals surface area contributed by atoms with Crippen LogP contribution in [0, 0.1) is 0 Å². The zero-order valence-corrected chi connectivity index (χ0v) is 38.8. The lowest BCUT2D eigenvalue weighted by Crippen LogP contribution is -2.46. The highest BCUT2D eigenvalue weighted by Gasteiger charge is 2.24. The maximum Gasteiger partial charge on any atom is 0.306 e. The molecule has 6 nitrogen and oxygen atoms in total. The highest BCUT2D eigenvalue weighted by atomic mass is 16.5. The average Bonchev–Trinajstić information content (AvgIpc) is 3.20. The third kappa shape index (κ3) is 41.4. The van der Waals surface area contributed by atoms with Gasteiger partial charge in [0.25, 0.3) is 0 Å². The van der Waals surface area contributed by atoms with Crippen LogP contribution in [0.4, 0.5) is 0 Å². The van der Waals surface area contributed by atoms with Crippen LogP contribution in [0.1, 0.15) is 290 Å². The van der Waals surface area contributed by atoms with Gasteiger partial charge in [0, 0.05) is 6.42 Å². The molecule has 1 amide bonds. The summed E-state index contributed by atoms with van der Waals surface area (Å²) in [5.74, 6) is -0.452. The Morgan fingerprint density at radius 1 is 0.439 bits per heavy atom. The predicted molar refractivity (Wildman–Crippen MR) is 246 cm³/mol. The average molecular weight is 808 g/mol. The standard InChI is InChI=1S/C51H101NO5/c1-4-7-10-13-16-19-22-23-24-25-26-27-29-32-35-38-41-44-51(56)57-47(42-39-36-33-30-28-20-17-14-11-8-5-2)45-50(55)52-48(46-53)49(54)43-40-37-34-31-21-18-15-12-9-6-3/h47-49,53-54H,4-46H2,1-3H3,(H,52,55). The van der Waals surface area contributed by atoms with E-state index in [4.69, 9.17) is 4.74 Å². The van der Waals surface area contributed by atoms with Crippen molar-refractivity contribution in [3.05, 3.63) is 0 Å². The zero-order chi connectivity index (χ0) is 41.7. The lowest BCUT2D eigenvalue weighted by molar-refractivity contribution is -0.151. The van der Waals surface area contributed by atoms with Gasteiger partial charge in [-0.25, -0.2) is 0 Å². The molecule has 0 aliphatic carbocycles. The molecule has 0 fully saturated rings. The van der Waals surface area contributed by atoms with Crippen LogP contribution in [-0.2, 0) is 14.3 Å². The Hall–Kier alpha value is -1.14. The summed E-state index contributed by atoms with van der Waals surface area (Å²) in [4.78, 5) is 26.1. The van der Waals surface area contributed by atoms with Crippen molar-refractivity contribution in [3.8, 4) is 0 Å². The van der Waals surface area contributed by atoms with Crippen LogP contribution in [0.25, 0.3) is 0 Å². The van der Waals surface area contributed by atoms with E-state index >= 15 is 0 Å². The number of aliphatic hydroxyl groups is 2. The maximum absolute atomic E-state index is 13.2. The topological polar surface area (TPSA) is 95.9 Å². The van der Waals surface area contributed by atoms with Gasteiger partial charge in [0.2, 0.25) is 5.91 Å². The maximum atomic E-state index is 13.2. The van der Waals surface area contributed by atoms with Crippen molar-refractivity contribution in [1.29, 1.82) is 0 Å². The molecule has 0 aromatic rings. The second-order valence-corrected chi connectivity index (χ2v) is 17.9. The van der Waals surface area contributed by atoms with Crippen LogP contribution in [0.5, 0.6) is 0 Å². The highest BCUT2D eigenvalue weighted by Crippen LogP contribution is 2.19. The molecule has 0 radical (unpaired) electrons. The van der Waals surface area contributed by atoms with E-state index in [1.165, 1.54) is 205 Å². The molecule has 340 valence electrons.